The molecule has 3 nitrogen and oxygen atoms in total. The molecule has 0 aromatic rings. The summed E-state index contributed by atoms with van der Waals surface area (Å²) in [5, 5.41) is 0. The van der Waals surface area contributed by atoms with Gasteiger partial charge in [0.15, 0.2) is 0 Å². The molecule has 88 valence electrons. The number of hydrogen-bond donors (Lipinski definition) is 0. The summed E-state index contributed by atoms with van der Waals surface area (Å²) < 4.78 is 5.00. The molecule has 0 fully saturated rings. The second kappa shape index (κ2) is 7.46. The molecule has 2 atom stereocenters. The Kier molecular flexibility index (Phi) is 7.05. The normalized spacial score (nSPS) is 15.6. The molecule has 0 aromatic carbocycles. The van der Waals surface area contributed by atoms with Crippen LogP contribution >= 0.6 is 0 Å². The molecule has 3 heteroatoms. The average Bonchev–Trinajstić information content (AvgIpc) is 2.15. The fourth-order valence-corrected chi connectivity index (χ4v) is 1.54. The summed E-state index contributed by atoms with van der Waals surface area (Å²) in [5.74, 6) is -0.234. The van der Waals surface area contributed by atoms with Crippen molar-refractivity contribution in [1.29, 1.82) is 0 Å². The SMILES string of the molecule is CCN(CC)C(C)/C=C/C(C)OC(C)=O. The van der Waals surface area contributed by atoms with Crippen LogP contribution in [0, 0.1) is 0 Å². The number of esters is 1. The van der Waals surface area contributed by atoms with Crippen molar-refractivity contribution in [2.45, 2.75) is 46.8 Å². The zero-order valence-electron chi connectivity index (χ0n) is 10.5. The van der Waals surface area contributed by atoms with Crippen LogP contribution in [0.2, 0.25) is 0 Å². The van der Waals surface area contributed by atoms with Gasteiger partial charge in [-0.1, -0.05) is 19.9 Å². The van der Waals surface area contributed by atoms with E-state index in [1.54, 1.807) is 0 Å². The van der Waals surface area contributed by atoms with Crippen molar-refractivity contribution in [1.82, 2.24) is 4.90 Å². The van der Waals surface area contributed by atoms with E-state index >= 15 is 0 Å². The van der Waals surface area contributed by atoms with Gasteiger partial charge in [-0.2, -0.15) is 0 Å². The molecule has 0 amide bonds. The molecule has 2 unspecified atom stereocenters. The van der Waals surface area contributed by atoms with E-state index in [0.717, 1.165) is 13.1 Å². The molecule has 0 saturated heterocycles. The summed E-state index contributed by atoms with van der Waals surface area (Å²) in [6.07, 6.45) is 3.88. The standard InChI is InChI=1S/C12H23NO2/c1-6-13(7-2)10(3)8-9-11(4)15-12(5)14/h8-11H,6-7H2,1-5H3/b9-8+. The van der Waals surface area contributed by atoms with E-state index in [1.165, 1.54) is 6.92 Å². The summed E-state index contributed by atoms with van der Waals surface area (Å²) >= 11 is 0. The van der Waals surface area contributed by atoms with E-state index < -0.39 is 0 Å². The first-order chi connectivity index (χ1) is 7.01. The van der Waals surface area contributed by atoms with Crippen molar-refractivity contribution in [2.24, 2.45) is 0 Å². The lowest BCUT2D eigenvalue weighted by atomic mass is 10.2. The van der Waals surface area contributed by atoms with E-state index in [1.807, 2.05) is 13.0 Å². The minimum absolute atomic E-state index is 0.138. The first kappa shape index (κ1) is 14.2. The van der Waals surface area contributed by atoms with Gasteiger partial charge in [0.25, 0.3) is 0 Å². The average molecular weight is 213 g/mol. The Morgan fingerprint density at radius 2 is 1.80 bits per heavy atom. The molecule has 0 bridgehead atoms. The maximum Gasteiger partial charge on any atom is 0.303 e. The van der Waals surface area contributed by atoms with Crippen molar-refractivity contribution in [3.8, 4) is 0 Å². The maximum atomic E-state index is 10.7. The third kappa shape index (κ3) is 6.28. The molecule has 0 saturated carbocycles. The van der Waals surface area contributed by atoms with Crippen LogP contribution in [0.1, 0.15) is 34.6 Å². The molecule has 0 aromatic heterocycles. The molecule has 0 aliphatic rings. The van der Waals surface area contributed by atoms with Crippen LogP contribution in [0.15, 0.2) is 12.2 Å². The van der Waals surface area contributed by atoms with E-state index in [4.69, 9.17) is 4.74 Å². The maximum absolute atomic E-state index is 10.7. The first-order valence-corrected chi connectivity index (χ1v) is 5.60. The summed E-state index contributed by atoms with van der Waals surface area (Å²) in [4.78, 5) is 13.0. The van der Waals surface area contributed by atoms with Crippen molar-refractivity contribution in [3.05, 3.63) is 12.2 Å². The molecule has 0 rings (SSSR count). The molecule has 0 heterocycles. The van der Waals surface area contributed by atoms with E-state index in [2.05, 4.69) is 31.7 Å². The lowest BCUT2D eigenvalue weighted by molar-refractivity contribution is -0.143. The van der Waals surface area contributed by atoms with Crippen LogP contribution in [-0.4, -0.2) is 36.1 Å². The van der Waals surface area contributed by atoms with Crippen LogP contribution in [-0.2, 0) is 9.53 Å². The number of nitrogens with zero attached hydrogens (tertiary/aromatic N) is 1. The van der Waals surface area contributed by atoms with Crippen LogP contribution in [0.25, 0.3) is 0 Å². The van der Waals surface area contributed by atoms with Crippen LogP contribution in [0.4, 0.5) is 0 Å². The highest BCUT2D eigenvalue weighted by atomic mass is 16.5. The lowest BCUT2D eigenvalue weighted by Crippen LogP contribution is -2.31. The molecular weight excluding hydrogens is 190 g/mol. The summed E-state index contributed by atoms with van der Waals surface area (Å²) in [5.41, 5.74) is 0. The van der Waals surface area contributed by atoms with Crippen molar-refractivity contribution >= 4 is 5.97 Å². The third-order valence-electron chi connectivity index (χ3n) is 2.40. The van der Waals surface area contributed by atoms with E-state index in [9.17, 15) is 4.79 Å². The van der Waals surface area contributed by atoms with Gasteiger partial charge in [0.2, 0.25) is 0 Å². The minimum atomic E-state index is -0.234. The smallest absolute Gasteiger partial charge is 0.303 e. The quantitative estimate of drug-likeness (QED) is 0.500. The van der Waals surface area contributed by atoms with Gasteiger partial charge in [-0.3, -0.25) is 9.69 Å². The summed E-state index contributed by atoms with van der Waals surface area (Å²) in [7, 11) is 0. The fourth-order valence-electron chi connectivity index (χ4n) is 1.54. The highest BCUT2D eigenvalue weighted by molar-refractivity contribution is 5.66. The van der Waals surface area contributed by atoms with Crippen LogP contribution in [0.5, 0.6) is 0 Å². The second-order valence-electron chi connectivity index (χ2n) is 3.66. The molecule has 15 heavy (non-hydrogen) atoms. The Balaban J connectivity index is 4.08. The molecule has 0 spiro atoms. The number of carbonyl (C=O) groups excluding carboxylic acids is 1. The van der Waals surface area contributed by atoms with Gasteiger partial charge in [0.05, 0.1) is 0 Å². The Labute approximate surface area is 93.1 Å². The Morgan fingerprint density at radius 3 is 2.20 bits per heavy atom. The predicted octanol–water partition coefficient (Wildman–Crippen LogP) is 2.22. The van der Waals surface area contributed by atoms with Crippen LogP contribution < -0.4 is 0 Å². The van der Waals surface area contributed by atoms with Crippen LogP contribution in [0.3, 0.4) is 0 Å². The Hall–Kier alpha value is -0.830. The largest absolute Gasteiger partial charge is 0.459 e. The van der Waals surface area contributed by atoms with Crippen molar-refractivity contribution in [3.63, 3.8) is 0 Å². The molecule has 0 aliphatic heterocycles. The van der Waals surface area contributed by atoms with E-state index in [0.29, 0.717) is 6.04 Å². The number of rotatable bonds is 6. The second-order valence-corrected chi connectivity index (χ2v) is 3.66. The summed E-state index contributed by atoms with van der Waals surface area (Å²) in [6.45, 7) is 11.8. The van der Waals surface area contributed by atoms with Gasteiger partial charge in [-0.05, 0) is 33.0 Å². The molecule has 0 radical (unpaired) electrons. The first-order valence-electron chi connectivity index (χ1n) is 5.60. The van der Waals surface area contributed by atoms with Gasteiger partial charge in [-0.25, -0.2) is 0 Å². The number of likely N-dealkylation sites (N-methyl/N-ethyl adjacent to an activating group) is 1. The monoisotopic (exact) mass is 213 g/mol. The highest BCUT2D eigenvalue weighted by Crippen LogP contribution is 2.02. The van der Waals surface area contributed by atoms with Crippen molar-refractivity contribution < 1.29 is 9.53 Å². The fraction of sp³-hybridized carbons (Fsp3) is 0.750. The Morgan fingerprint density at radius 1 is 1.27 bits per heavy atom. The molecular formula is C12H23NO2. The Bertz CT molecular complexity index is 210. The zero-order valence-corrected chi connectivity index (χ0v) is 10.5. The molecule has 0 N–H and O–H groups in total. The van der Waals surface area contributed by atoms with Gasteiger partial charge >= 0.3 is 5.97 Å². The number of ether oxygens (including phenoxy) is 1. The van der Waals surface area contributed by atoms with Gasteiger partial charge in [0.1, 0.15) is 6.10 Å². The molecule has 0 aliphatic carbocycles. The lowest BCUT2D eigenvalue weighted by Gasteiger charge is -2.23. The number of hydrogen-bond acceptors (Lipinski definition) is 3. The third-order valence-corrected chi connectivity index (χ3v) is 2.40. The zero-order chi connectivity index (χ0) is 11.8. The van der Waals surface area contributed by atoms with E-state index in [-0.39, 0.29) is 12.1 Å². The van der Waals surface area contributed by atoms with Gasteiger partial charge in [0, 0.05) is 13.0 Å². The topological polar surface area (TPSA) is 29.5 Å². The highest BCUT2D eigenvalue weighted by Gasteiger charge is 2.07. The summed E-state index contributed by atoms with van der Waals surface area (Å²) in [6, 6.07) is 0.387. The van der Waals surface area contributed by atoms with Crippen molar-refractivity contribution in [2.75, 3.05) is 13.1 Å². The number of carbonyl (C=O) groups is 1. The minimum Gasteiger partial charge on any atom is -0.459 e. The predicted molar refractivity (Wildman–Crippen MR) is 62.8 cm³/mol. The van der Waals surface area contributed by atoms with Gasteiger partial charge < -0.3 is 4.74 Å². The van der Waals surface area contributed by atoms with Gasteiger partial charge in [-0.15, -0.1) is 0 Å².